The van der Waals surface area contributed by atoms with Crippen LogP contribution in [-0.2, 0) is 0 Å². The number of carbonyl (C=O) groups excluding carboxylic acids is 1. The molecular weight excluding hydrogens is 280 g/mol. The highest BCUT2D eigenvalue weighted by atomic mass is 16.3. The van der Waals surface area contributed by atoms with Crippen molar-refractivity contribution >= 4 is 5.91 Å². The maximum Gasteiger partial charge on any atom is 0.269 e. The lowest BCUT2D eigenvalue weighted by molar-refractivity contribution is -0.0312. The quantitative estimate of drug-likeness (QED) is 0.783. The third kappa shape index (κ3) is 3.87. The standard InChI is InChI=1S/C16H26N4O2/c21-15(14-4-9-17-19-14)18-13-5-10-20(11-6-13)12-16(22)7-2-1-3-8-16/h4,9,13,22H,1-3,5-8,10-12H2,(H,17,19)(H,18,21). The molecule has 0 aromatic carbocycles. The lowest BCUT2D eigenvalue weighted by atomic mass is 9.84. The van der Waals surface area contributed by atoms with Gasteiger partial charge < -0.3 is 15.3 Å². The van der Waals surface area contributed by atoms with Crippen LogP contribution in [0.5, 0.6) is 0 Å². The molecular formula is C16H26N4O2. The zero-order valence-electron chi connectivity index (χ0n) is 13.1. The smallest absolute Gasteiger partial charge is 0.269 e. The van der Waals surface area contributed by atoms with Crippen molar-refractivity contribution in [1.29, 1.82) is 0 Å². The van der Waals surface area contributed by atoms with E-state index in [0.29, 0.717) is 5.69 Å². The summed E-state index contributed by atoms with van der Waals surface area (Å²) >= 11 is 0. The Morgan fingerprint density at radius 1 is 1.36 bits per heavy atom. The number of nitrogens with one attached hydrogen (secondary N) is 2. The lowest BCUT2D eigenvalue weighted by Gasteiger charge is -2.40. The lowest BCUT2D eigenvalue weighted by Crippen LogP contribution is -2.50. The minimum absolute atomic E-state index is 0.0816. The van der Waals surface area contributed by atoms with E-state index >= 15 is 0 Å². The van der Waals surface area contributed by atoms with Gasteiger partial charge in [-0.3, -0.25) is 9.89 Å². The molecule has 0 atom stereocenters. The van der Waals surface area contributed by atoms with Gasteiger partial charge in [0.25, 0.3) is 5.91 Å². The van der Waals surface area contributed by atoms with Crippen molar-refractivity contribution in [2.24, 2.45) is 0 Å². The molecule has 1 aromatic heterocycles. The zero-order valence-corrected chi connectivity index (χ0v) is 13.1. The fourth-order valence-corrected chi connectivity index (χ4v) is 3.67. The molecule has 1 aliphatic carbocycles. The predicted molar refractivity (Wildman–Crippen MR) is 83.6 cm³/mol. The highest BCUT2D eigenvalue weighted by Crippen LogP contribution is 2.29. The summed E-state index contributed by atoms with van der Waals surface area (Å²) in [6.07, 6.45) is 8.88. The van der Waals surface area contributed by atoms with Crippen molar-refractivity contribution in [3.8, 4) is 0 Å². The second-order valence-electron chi connectivity index (χ2n) is 6.78. The van der Waals surface area contributed by atoms with Gasteiger partial charge in [0.1, 0.15) is 5.69 Å². The van der Waals surface area contributed by atoms with Crippen LogP contribution in [0.25, 0.3) is 0 Å². The largest absolute Gasteiger partial charge is 0.389 e. The Morgan fingerprint density at radius 2 is 2.09 bits per heavy atom. The second-order valence-corrected chi connectivity index (χ2v) is 6.78. The molecule has 2 fully saturated rings. The van der Waals surface area contributed by atoms with Crippen LogP contribution in [0.3, 0.4) is 0 Å². The SMILES string of the molecule is O=C(NC1CCN(CC2(O)CCCCC2)CC1)c1ccn[nH]1. The monoisotopic (exact) mass is 306 g/mol. The summed E-state index contributed by atoms with van der Waals surface area (Å²) in [5, 5.41) is 20.2. The van der Waals surface area contributed by atoms with Gasteiger partial charge in [0.2, 0.25) is 0 Å². The summed E-state index contributed by atoms with van der Waals surface area (Å²) in [6, 6.07) is 1.90. The molecule has 6 heteroatoms. The molecule has 1 amide bonds. The molecule has 1 saturated carbocycles. The molecule has 0 bridgehead atoms. The fourth-order valence-electron chi connectivity index (χ4n) is 3.67. The number of carbonyl (C=O) groups is 1. The number of hydrogen-bond acceptors (Lipinski definition) is 4. The van der Waals surface area contributed by atoms with Gasteiger partial charge in [-0.2, -0.15) is 5.10 Å². The number of piperidine rings is 1. The third-order valence-corrected chi connectivity index (χ3v) is 4.97. The number of aromatic nitrogens is 2. The number of amides is 1. The van der Waals surface area contributed by atoms with Gasteiger partial charge in [0, 0.05) is 31.9 Å². The van der Waals surface area contributed by atoms with Gasteiger partial charge in [0.05, 0.1) is 5.60 Å². The van der Waals surface area contributed by atoms with E-state index < -0.39 is 5.60 Å². The first-order valence-electron chi connectivity index (χ1n) is 8.40. The average molecular weight is 306 g/mol. The minimum atomic E-state index is -0.482. The molecule has 122 valence electrons. The molecule has 2 heterocycles. The van der Waals surface area contributed by atoms with Gasteiger partial charge in [-0.25, -0.2) is 0 Å². The van der Waals surface area contributed by atoms with Gasteiger partial charge >= 0.3 is 0 Å². The number of likely N-dealkylation sites (tertiary alicyclic amines) is 1. The van der Waals surface area contributed by atoms with Crippen molar-refractivity contribution in [3.63, 3.8) is 0 Å². The van der Waals surface area contributed by atoms with Gasteiger partial charge in [-0.05, 0) is 31.7 Å². The van der Waals surface area contributed by atoms with Crippen molar-refractivity contribution in [3.05, 3.63) is 18.0 Å². The number of H-pyrrole nitrogens is 1. The molecule has 1 aliphatic heterocycles. The molecule has 6 nitrogen and oxygen atoms in total. The Morgan fingerprint density at radius 3 is 2.73 bits per heavy atom. The van der Waals surface area contributed by atoms with Crippen molar-refractivity contribution < 1.29 is 9.90 Å². The van der Waals surface area contributed by atoms with Crippen LogP contribution < -0.4 is 5.32 Å². The topological polar surface area (TPSA) is 81.2 Å². The minimum Gasteiger partial charge on any atom is -0.389 e. The maximum atomic E-state index is 12.0. The molecule has 3 N–H and O–H groups in total. The third-order valence-electron chi connectivity index (χ3n) is 4.97. The first kappa shape index (κ1) is 15.5. The molecule has 3 rings (SSSR count). The van der Waals surface area contributed by atoms with Gasteiger partial charge in [0.15, 0.2) is 0 Å². The number of rotatable bonds is 4. The molecule has 1 saturated heterocycles. The van der Waals surface area contributed by atoms with E-state index in [1.807, 2.05) is 0 Å². The summed E-state index contributed by atoms with van der Waals surface area (Å²) in [5.41, 5.74) is 0.0310. The Labute approximate surface area is 131 Å². The summed E-state index contributed by atoms with van der Waals surface area (Å²) < 4.78 is 0. The highest BCUT2D eigenvalue weighted by molar-refractivity contribution is 5.92. The van der Waals surface area contributed by atoms with Crippen molar-refractivity contribution in [1.82, 2.24) is 20.4 Å². The van der Waals surface area contributed by atoms with Crippen LogP contribution in [-0.4, -0.2) is 57.4 Å². The van der Waals surface area contributed by atoms with E-state index in [-0.39, 0.29) is 11.9 Å². The van der Waals surface area contributed by atoms with Crippen LogP contribution in [0.2, 0.25) is 0 Å². The number of β-amino-alcohol motifs (C(OH)–C–C–N with tert-alkyl or cyclic N) is 1. The maximum absolute atomic E-state index is 12.0. The average Bonchev–Trinajstić information content (AvgIpc) is 3.04. The van der Waals surface area contributed by atoms with Crippen LogP contribution >= 0.6 is 0 Å². The van der Waals surface area contributed by atoms with Crippen molar-refractivity contribution in [2.45, 2.75) is 56.6 Å². The normalized spacial score (nSPS) is 23.3. The first-order valence-corrected chi connectivity index (χ1v) is 8.40. The predicted octanol–water partition coefficient (Wildman–Crippen LogP) is 1.30. The second kappa shape index (κ2) is 6.79. The number of aliphatic hydroxyl groups is 1. The Kier molecular flexibility index (Phi) is 4.78. The molecule has 1 aromatic rings. The summed E-state index contributed by atoms with van der Waals surface area (Å²) in [7, 11) is 0. The van der Waals surface area contributed by atoms with E-state index in [9.17, 15) is 9.90 Å². The Hall–Kier alpha value is -1.40. The molecule has 0 radical (unpaired) electrons. The van der Waals surface area contributed by atoms with E-state index in [4.69, 9.17) is 0 Å². The van der Waals surface area contributed by atoms with Crippen LogP contribution in [0.1, 0.15) is 55.4 Å². The van der Waals surface area contributed by atoms with E-state index in [0.717, 1.165) is 58.2 Å². The number of nitrogens with zero attached hydrogens (tertiary/aromatic N) is 2. The molecule has 2 aliphatic rings. The van der Waals surface area contributed by atoms with Crippen LogP contribution in [0.4, 0.5) is 0 Å². The van der Waals surface area contributed by atoms with Crippen molar-refractivity contribution in [2.75, 3.05) is 19.6 Å². The Balaban J connectivity index is 1.43. The summed E-state index contributed by atoms with van der Waals surface area (Å²) in [5.74, 6) is -0.0816. The van der Waals surface area contributed by atoms with E-state index in [1.165, 1.54) is 6.42 Å². The summed E-state index contributed by atoms with van der Waals surface area (Å²) in [4.78, 5) is 14.3. The Bertz CT molecular complexity index is 474. The first-order chi connectivity index (χ1) is 10.6. The summed E-state index contributed by atoms with van der Waals surface area (Å²) in [6.45, 7) is 2.67. The highest BCUT2D eigenvalue weighted by Gasteiger charge is 2.32. The number of hydrogen-bond donors (Lipinski definition) is 3. The van der Waals surface area contributed by atoms with E-state index in [1.54, 1.807) is 12.3 Å². The zero-order chi connectivity index (χ0) is 15.4. The van der Waals surface area contributed by atoms with Gasteiger partial charge in [-0.1, -0.05) is 19.3 Å². The number of aromatic amines is 1. The molecule has 0 unspecified atom stereocenters. The van der Waals surface area contributed by atoms with Gasteiger partial charge in [-0.15, -0.1) is 0 Å². The molecule has 0 spiro atoms. The fraction of sp³-hybridized carbons (Fsp3) is 0.750. The van der Waals surface area contributed by atoms with E-state index in [2.05, 4.69) is 20.4 Å². The van der Waals surface area contributed by atoms with Crippen LogP contribution in [0.15, 0.2) is 12.3 Å². The molecule has 22 heavy (non-hydrogen) atoms. The van der Waals surface area contributed by atoms with Crippen LogP contribution in [0, 0.1) is 0 Å².